The summed E-state index contributed by atoms with van der Waals surface area (Å²) in [4.78, 5) is 16.4. The maximum Gasteiger partial charge on any atom is 0.234 e. The smallest absolute Gasteiger partial charge is 0.234 e. The SMILES string of the molecule is CN(CC(=O)NC1CCN(C2CC2)CC1)Cc1ccc(F)cc1F. The zero-order chi connectivity index (χ0) is 17.1. The van der Waals surface area contributed by atoms with Crippen LogP contribution in [0.5, 0.6) is 0 Å². The van der Waals surface area contributed by atoms with Crippen LogP contribution in [0.25, 0.3) is 0 Å². The second kappa shape index (κ2) is 7.57. The lowest BCUT2D eigenvalue weighted by Crippen LogP contribution is -2.47. The monoisotopic (exact) mass is 337 g/mol. The first kappa shape index (κ1) is 17.3. The summed E-state index contributed by atoms with van der Waals surface area (Å²) in [6.07, 6.45) is 4.64. The Hall–Kier alpha value is -1.53. The minimum Gasteiger partial charge on any atom is -0.352 e. The van der Waals surface area contributed by atoms with Gasteiger partial charge in [0.05, 0.1) is 6.54 Å². The van der Waals surface area contributed by atoms with Crippen molar-refractivity contribution < 1.29 is 13.6 Å². The molecule has 2 fully saturated rings. The minimum atomic E-state index is -0.589. The fourth-order valence-electron chi connectivity index (χ4n) is 3.36. The number of halogens is 2. The molecule has 24 heavy (non-hydrogen) atoms. The van der Waals surface area contributed by atoms with Crippen molar-refractivity contribution in [1.29, 1.82) is 0 Å². The molecule has 3 rings (SSSR count). The van der Waals surface area contributed by atoms with E-state index < -0.39 is 11.6 Å². The second-order valence-corrected chi connectivity index (χ2v) is 7.02. The van der Waals surface area contributed by atoms with Crippen LogP contribution in [0.1, 0.15) is 31.2 Å². The van der Waals surface area contributed by atoms with E-state index in [1.54, 1.807) is 11.9 Å². The molecule has 6 heteroatoms. The molecule has 1 aliphatic heterocycles. The van der Waals surface area contributed by atoms with Crippen molar-refractivity contribution in [1.82, 2.24) is 15.1 Å². The molecule has 2 aliphatic rings. The van der Waals surface area contributed by atoms with Gasteiger partial charge in [0, 0.05) is 43.3 Å². The van der Waals surface area contributed by atoms with Gasteiger partial charge < -0.3 is 10.2 Å². The molecule has 1 aromatic carbocycles. The summed E-state index contributed by atoms with van der Waals surface area (Å²) in [6, 6.07) is 4.56. The molecular formula is C18H25F2N3O. The van der Waals surface area contributed by atoms with E-state index in [2.05, 4.69) is 10.2 Å². The van der Waals surface area contributed by atoms with Gasteiger partial charge in [-0.25, -0.2) is 8.78 Å². The summed E-state index contributed by atoms with van der Waals surface area (Å²) in [6.45, 7) is 2.61. The highest BCUT2D eigenvalue weighted by atomic mass is 19.1. The number of rotatable bonds is 6. The highest BCUT2D eigenvalue weighted by Gasteiger charge is 2.32. The summed E-state index contributed by atoms with van der Waals surface area (Å²) in [5.41, 5.74) is 0.393. The van der Waals surface area contributed by atoms with Crippen molar-refractivity contribution in [3.05, 3.63) is 35.4 Å². The summed E-state index contributed by atoms with van der Waals surface area (Å²) in [5, 5.41) is 3.08. The molecule has 0 radical (unpaired) electrons. The lowest BCUT2D eigenvalue weighted by Gasteiger charge is -2.32. The molecular weight excluding hydrogens is 312 g/mol. The van der Waals surface area contributed by atoms with Crippen LogP contribution in [0.15, 0.2) is 18.2 Å². The third-order valence-corrected chi connectivity index (χ3v) is 4.83. The highest BCUT2D eigenvalue weighted by molar-refractivity contribution is 5.78. The van der Waals surface area contributed by atoms with E-state index >= 15 is 0 Å². The number of likely N-dealkylation sites (tertiary alicyclic amines) is 1. The Balaban J connectivity index is 1.41. The van der Waals surface area contributed by atoms with Gasteiger partial charge in [-0.15, -0.1) is 0 Å². The van der Waals surface area contributed by atoms with E-state index in [1.807, 2.05) is 0 Å². The Bertz CT molecular complexity index is 584. The molecule has 1 N–H and O–H groups in total. The van der Waals surface area contributed by atoms with Crippen molar-refractivity contribution >= 4 is 5.91 Å². The van der Waals surface area contributed by atoms with E-state index in [-0.39, 0.29) is 25.0 Å². The van der Waals surface area contributed by atoms with Crippen LogP contribution in [-0.4, -0.2) is 54.5 Å². The molecule has 0 spiro atoms. The normalized spacial score (nSPS) is 19.7. The molecule has 1 saturated carbocycles. The van der Waals surface area contributed by atoms with Gasteiger partial charge >= 0.3 is 0 Å². The van der Waals surface area contributed by atoms with Crippen LogP contribution in [-0.2, 0) is 11.3 Å². The largest absolute Gasteiger partial charge is 0.352 e. The van der Waals surface area contributed by atoms with Gasteiger partial charge in [0.2, 0.25) is 5.91 Å². The quantitative estimate of drug-likeness (QED) is 0.864. The molecule has 4 nitrogen and oxygen atoms in total. The standard InChI is InChI=1S/C18H25F2N3O/c1-22(11-13-2-3-14(19)10-17(13)20)12-18(24)21-15-6-8-23(9-7-15)16-4-5-16/h2-3,10,15-16H,4-9,11-12H2,1H3,(H,21,24). The van der Waals surface area contributed by atoms with Crippen LogP contribution >= 0.6 is 0 Å². The maximum absolute atomic E-state index is 13.7. The van der Waals surface area contributed by atoms with Crippen molar-refractivity contribution in [2.45, 2.75) is 44.3 Å². The van der Waals surface area contributed by atoms with E-state index in [9.17, 15) is 13.6 Å². The van der Waals surface area contributed by atoms with Gasteiger partial charge in [0.1, 0.15) is 11.6 Å². The average molecular weight is 337 g/mol. The van der Waals surface area contributed by atoms with E-state index in [0.29, 0.717) is 5.56 Å². The topological polar surface area (TPSA) is 35.6 Å². The van der Waals surface area contributed by atoms with Gasteiger partial charge in [-0.3, -0.25) is 9.69 Å². The minimum absolute atomic E-state index is 0.0371. The van der Waals surface area contributed by atoms with Crippen LogP contribution in [0, 0.1) is 11.6 Å². The zero-order valence-electron chi connectivity index (χ0n) is 14.1. The first-order valence-electron chi connectivity index (χ1n) is 8.67. The number of benzene rings is 1. The van der Waals surface area contributed by atoms with Crippen LogP contribution < -0.4 is 5.32 Å². The zero-order valence-corrected chi connectivity index (χ0v) is 14.1. The molecule has 1 amide bonds. The van der Waals surface area contributed by atoms with Gasteiger partial charge in [-0.1, -0.05) is 6.07 Å². The summed E-state index contributed by atoms with van der Waals surface area (Å²) >= 11 is 0. The third-order valence-electron chi connectivity index (χ3n) is 4.83. The number of nitrogens with zero attached hydrogens (tertiary/aromatic N) is 2. The van der Waals surface area contributed by atoms with Gasteiger partial charge in [0.15, 0.2) is 0 Å². The van der Waals surface area contributed by atoms with Crippen LogP contribution in [0.4, 0.5) is 8.78 Å². The predicted octanol–water partition coefficient (Wildman–Crippen LogP) is 2.14. The fraction of sp³-hybridized carbons (Fsp3) is 0.611. The number of likely N-dealkylation sites (N-methyl/N-ethyl adjacent to an activating group) is 1. The Kier molecular flexibility index (Phi) is 5.46. The van der Waals surface area contributed by atoms with Gasteiger partial charge in [0.25, 0.3) is 0 Å². The number of amides is 1. The number of hydrogen-bond acceptors (Lipinski definition) is 3. The number of carbonyl (C=O) groups excluding carboxylic acids is 1. The van der Waals surface area contributed by atoms with Crippen molar-refractivity contribution in [2.75, 3.05) is 26.7 Å². The molecule has 0 aromatic heterocycles. The molecule has 0 atom stereocenters. The summed E-state index contributed by atoms with van der Waals surface area (Å²) in [7, 11) is 1.76. The van der Waals surface area contributed by atoms with Crippen molar-refractivity contribution in [3.8, 4) is 0 Å². The maximum atomic E-state index is 13.7. The van der Waals surface area contributed by atoms with Gasteiger partial charge in [-0.2, -0.15) is 0 Å². The molecule has 0 bridgehead atoms. The van der Waals surface area contributed by atoms with Crippen molar-refractivity contribution in [2.24, 2.45) is 0 Å². The van der Waals surface area contributed by atoms with Crippen LogP contribution in [0.3, 0.4) is 0 Å². The molecule has 1 aliphatic carbocycles. The molecule has 1 aromatic rings. The first-order valence-corrected chi connectivity index (χ1v) is 8.67. The molecule has 0 unspecified atom stereocenters. The lowest BCUT2D eigenvalue weighted by atomic mass is 10.0. The highest BCUT2D eigenvalue weighted by Crippen LogP contribution is 2.29. The average Bonchev–Trinajstić information content (AvgIpc) is 3.35. The Morgan fingerprint density at radius 2 is 1.96 bits per heavy atom. The van der Waals surface area contributed by atoms with E-state index in [0.717, 1.165) is 38.0 Å². The Labute approximate surface area is 141 Å². The molecule has 132 valence electrons. The predicted molar refractivity (Wildman–Crippen MR) is 88.5 cm³/mol. The van der Waals surface area contributed by atoms with Crippen molar-refractivity contribution in [3.63, 3.8) is 0 Å². The fourth-order valence-corrected chi connectivity index (χ4v) is 3.36. The lowest BCUT2D eigenvalue weighted by molar-refractivity contribution is -0.123. The van der Waals surface area contributed by atoms with Gasteiger partial charge in [-0.05, 0) is 38.8 Å². The Morgan fingerprint density at radius 3 is 2.58 bits per heavy atom. The third kappa shape index (κ3) is 4.74. The molecule has 1 heterocycles. The Morgan fingerprint density at radius 1 is 1.25 bits per heavy atom. The number of hydrogen-bond donors (Lipinski definition) is 1. The summed E-state index contributed by atoms with van der Waals surface area (Å²) < 4.78 is 26.6. The second-order valence-electron chi connectivity index (χ2n) is 7.02. The molecule has 1 saturated heterocycles. The van der Waals surface area contributed by atoms with E-state index in [4.69, 9.17) is 0 Å². The number of nitrogens with one attached hydrogen (secondary N) is 1. The number of piperidine rings is 1. The number of carbonyl (C=O) groups is 1. The van der Waals surface area contributed by atoms with E-state index in [1.165, 1.54) is 25.0 Å². The summed E-state index contributed by atoms with van der Waals surface area (Å²) in [5.74, 6) is -1.20. The van der Waals surface area contributed by atoms with Crippen LogP contribution in [0.2, 0.25) is 0 Å². The first-order chi connectivity index (χ1) is 11.5.